The summed E-state index contributed by atoms with van der Waals surface area (Å²) in [5.41, 5.74) is 2.43. The largest absolute Gasteiger partial charge is 0.496 e. The van der Waals surface area contributed by atoms with Crippen LogP contribution in [0.4, 0.5) is 10.8 Å². The van der Waals surface area contributed by atoms with Gasteiger partial charge in [-0.1, -0.05) is 35.3 Å². The van der Waals surface area contributed by atoms with Gasteiger partial charge in [-0.05, 0) is 48.5 Å². The van der Waals surface area contributed by atoms with Crippen LogP contribution in [0.25, 0.3) is 11.3 Å². The minimum absolute atomic E-state index is 0.180. The highest BCUT2D eigenvalue weighted by Crippen LogP contribution is 2.31. The van der Waals surface area contributed by atoms with E-state index in [1.54, 1.807) is 42.5 Å². The summed E-state index contributed by atoms with van der Waals surface area (Å²) >= 11 is 14.8. The van der Waals surface area contributed by atoms with Crippen LogP contribution in [0.1, 0.15) is 10.4 Å². The highest BCUT2D eigenvalue weighted by atomic mass is 35.5. The molecule has 1 aromatic heterocycles. The van der Waals surface area contributed by atoms with E-state index in [0.29, 0.717) is 43.6 Å². The van der Waals surface area contributed by atoms with Crippen molar-refractivity contribution in [2.75, 3.05) is 30.6 Å². The lowest BCUT2D eigenvalue weighted by molar-refractivity contribution is -0.113. The van der Waals surface area contributed by atoms with Crippen LogP contribution in [-0.4, -0.2) is 36.8 Å². The molecule has 4 rings (SSSR count). The highest BCUT2D eigenvalue weighted by molar-refractivity contribution is 8.00. The van der Waals surface area contributed by atoms with Crippen LogP contribution in [0.3, 0.4) is 0 Å². The second-order valence-electron chi connectivity index (χ2n) is 7.52. The number of aromatic nitrogens is 1. The first-order chi connectivity index (χ1) is 17.9. The fraction of sp³-hybridized carbons (Fsp3) is 0.115. The van der Waals surface area contributed by atoms with Crippen molar-refractivity contribution in [3.8, 4) is 22.8 Å². The Hall–Kier alpha value is -3.24. The predicted octanol–water partition coefficient (Wildman–Crippen LogP) is 7.12. The minimum atomic E-state index is -0.349. The molecule has 4 aromatic rings. The molecule has 0 saturated heterocycles. The number of amides is 2. The van der Waals surface area contributed by atoms with Crippen LogP contribution in [-0.2, 0) is 4.79 Å². The third-order valence-corrected chi connectivity index (χ3v) is 7.61. The number of thiazole rings is 1. The summed E-state index contributed by atoms with van der Waals surface area (Å²) in [7, 11) is 2.99. The molecule has 11 heteroatoms. The lowest BCUT2D eigenvalue weighted by atomic mass is 10.1. The van der Waals surface area contributed by atoms with Crippen molar-refractivity contribution in [3.63, 3.8) is 0 Å². The SMILES string of the molecule is COc1cccc(OC)c1C(=O)Nc1ccc(SCC(=O)Nc2nc(-c3ccc(Cl)c(Cl)c3)cs2)cc1. The zero-order valence-electron chi connectivity index (χ0n) is 19.7. The summed E-state index contributed by atoms with van der Waals surface area (Å²) < 4.78 is 10.6. The maximum Gasteiger partial charge on any atom is 0.263 e. The normalized spacial score (nSPS) is 10.6. The third-order valence-electron chi connectivity index (χ3n) is 5.10. The number of nitrogens with zero attached hydrogens (tertiary/aromatic N) is 1. The maximum atomic E-state index is 12.8. The Bertz CT molecular complexity index is 1410. The van der Waals surface area contributed by atoms with Gasteiger partial charge >= 0.3 is 0 Å². The summed E-state index contributed by atoms with van der Waals surface area (Å²) in [5, 5.41) is 8.91. The van der Waals surface area contributed by atoms with E-state index in [-0.39, 0.29) is 17.6 Å². The van der Waals surface area contributed by atoms with Crippen LogP contribution in [0.15, 0.2) is 70.9 Å². The molecule has 0 fully saturated rings. The number of nitrogens with one attached hydrogen (secondary N) is 2. The number of hydrogen-bond acceptors (Lipinski definition) is 7. The number of thioether (sulfide) groups is 1. The van der Waals surface area contributed by atoms with Gasteiger partial charge in [0.05, 0.1) is 35.7 Å². The zero-order valence-corrected chi connectivity index (χ0v) is 22.9. The topological polar surface area (TPSA) is 89.5 Å². The van der Waals surface area contributed by atoms with Gasteiger partial charge in [-0.3, -0.25) is 9.59 Å². The second-order valence-corrected chi connectivity index (χ2v) is 10.2. The van der Waals surface area contributed by atoms with Crippen molar-refractivity contribution in [2.24, 2.45) is 0 Å². The Morgan fingerprint density at radius 1 is 0.946 bits per heavy atom. The van der Waals surface area contributed by atoms with Crippen molar-refractivity contribution in [3.05, 3.63) is 81.7 Å². The predicted molar refractivity (Wildman–Crippen MR) is 151 cm³/mol. The van der Waals surface area contributed by atoms with Crippen molar-refractivity contribution in [1.29, 1.82) is 0 Å². The average molecular weight is 575 g/mol. The number of benzene rings is 3. The summed E-state index contributed by atoms with van der Waals surface area (Å²) in [5.74, 6) is 0.503. The number of carbonyl (C=O) groups is 2. The standard InChI is InChI=1S/C26H21Cl2N3O4S2/c1-34-21-4-3-5-22(35-2)24(21)25(33)29-16-7-9-17(10-8-16)36-14-23(32)31-26-30-20(13-37-26)15-6-11-18(27)19(28)12-15/h3-13H,14H2,1-2H3,(H,29,33)(H,30,31,32). The molecule has 190 valence electrons. The highest BCUT2D eigenvalue weighted by Gasteiger charge is 2.18. The number of carbonyl (C=O) groups excluding carboxylic acids is 2. The molecular weight excluding hydrogens is 553 g/mol. The Kier molecular flexibility index (Phi) is 8.94. The van der Waals surface area contributed by atoms with Gasteiger partial charge in [0.1, 0.15) is 17.1 Å². The van der Waals surface area contributed by atoms with E-state index < -0.39 is 0 Å². The number of hydrogen-bond donors (Lipinski definition) is 2. The fourth-order valence-electron chi connectivity index (χ4n) is 3.33. The Labute approximate surface area is 232 Å². The van der Waals surface area contributed by atoms with Gasteiger partial charge in [0.2, 0.25) is 5.91 Å². The molecule has 0 spiro atoms. The van der Waals surface area contributed by atoms with Crippen molar-refractivity contribution in [2.45, 2.75) is 4.90 Å². The first-order valence-electron chi connectivity index (χ1n) is 10.8. The smallest absolute Gasteiger partial charge is 0.263 e. The van der Waals surface area contributed by atoms with Gasteiger partial charge < -0.3 is 20.1 Å². The van der Waals surface area contributed by atoms with Gasteiger partial charge in [0.25, 0.3) is 5.91 Å². The number of halogens is 2. The molecule has 37 heavy (non-hydrogen) atoms. The van der Waals surface area contributed by atoms with E-state index in [2.05, 4.69) is 15.6 Å². The van der Waals surface area contributed by atoms with Crippen molar-refractivity contribution < 1.29 is 19.1 Å². The first-order valence-corrected chi connectivity index (χ1v) is 13.5. The summed E-state index contributed by atoms with van der Waals surface area (Å²) in [6.07, 6.45) is 0. The fourth-order valence-corrected chi connectivity index (χ4v) is 5.06. The van der Waals surface area contributed by atoms with Gasteiger partial charge in [-0.2, -0.15) is 0 Å². The van der Waals surface area contributed by atoms with Gasteiger partial charge in [-0.15, -0.1) is 23.1 Å². The van der Waals surface area contributed by atoms with Crippen molar-refractivity contribution in [1.82, 2.24) is 4.98 Å². The molecule has 1 heterocycles. The molecular formula is C26H21Cl2N3O4S2. The molecule has 0 bridgehead atoms. The summed E-state index contributed by atoms with van der Waals surface area (Å²) in [4.78, 5) is 30.6. The third kappa shape index (κ3) is 6.75. The lowest BCUT2D eigenvalue weighted by Gasteiger charge is -2.13. The molecule has 0 aliphatic carbocycles. The van der Waals surface area contributed by atoms with Crippen LogP contribution < -0.4 is 20.1 Å². The quantitative estimate of drug-likeness (QED) is 0.207. The van der Waals surface area contributed by atoms with E-state index in [9.17, 15) is 9.59 Å². The number of methoxy groups -OCH3 is 2. The van der Waals surface area contributed by atoms with Crippen LogP contribution in [0, 0.1) is 0 Å². The number of anilines is 2. The van der Waals surface area contributed by atoms with Crippen LogP contribution in [0.5, 0.6) is 11.5 Å². The Balaban J connectivity index is 1.31. The molecule has 0 unspecified atom stereocenters. The summed E-state index contributed by atoms with van der Waals surface area (Å²) in [6.45, 7) is 0. The van der Waals surface area contributed by atoms with E-state index in [0.717, 1.165) is 10.5 Å². The molecule has 0 saturated carbocycles. The van der Waals surface area contributed by atoms with E-state index >= 15 is 0 Å². The Morgan fingerprint density at radius 3 is 2.30 bits per heavy atom. The van der Waals surface area contributed by atoms with E-state index in [1.807, 2.05) is 23.6 Å². The first kappa shape index (κ1) is 26.8. The maximum absolute atomic E-state index is 12.8. The van der Waals surface area contributed by atoms with Crippen LogP contribution in [0.2, 0.25) is 10.0 Å². The van der Waals surface area contributed by atoms with E-state index in [1.165, 1.54) is 37.3 Å². The molecule has 0 atom stereocenters. The average Bonchev–Trinajstić information content (AvgIpc) is 3.37. The molecule has 2 amide bonds. The molecule has 0 aliphatic rings. The zero-order chi connectivity index (χ0) is 26.4. The number of rotatable bonds is 9. The van der Waals surface area contributed by atoms with Crippen LogP contribution >= 0.6 is 46.3 Å². The van der Waals surface area contributed by atoms with Gasteiger partial charge in [-0.25, -0.2) is 4.98 Å². The lowest BCUT2D eigenvalue weighted by Crippen LogP contribution is -2.14. The minimum Gasteiger partial charge on any atom is -0.496 e. The molecule has 2 N–H and O–H groups in total. The second kappa shape index (κ2) is 12.3. The molecule has 0 radical (unpaired) electrons. The van der Waals surface area contributed by atoms with E-state index in [4.69, 9.17) is 32.7 Å². The molecule has 0 aliphatic heterocycles. The Morgan fingerprint density at radius 2 is 1.65 bits per heavy atom. The van der Waals surface area contributed by atoms with Gasteiger partial charge in [0.15, 0.2) is 5.13 Å². The monoisotopic (exact) mass is 573 g/mol. The number of ether oxygens (including phenoxy) is 2. The molecule has 3 aromatic carbocycles. The summed E-state index contributed by atoms with van der Waals surface area (Å²) in [6, 6.07) is 17.6. The van der Waals surface area contributed by atoms with Gasteiger partial charge in [0, 0.05) is 21.5 Å². The molecule has 7 nitrogen and oxygen atoms in total. The van der Waals surface area contributed by atoms with Crippen molar-refractivity contribution >= 4 is 68.9 Å².